The maximum absolute atomic E-state index is 5.94. The highest BCUT2D eigenvalue weighted by atomic mass is 32.2. The summed E-state index contributed by atoms with van der Waals surface area (Å²) in [4.78, 5) is 3.56. The highest BCUT2D eigenvalue weighted by Crippen LogP contribution is 2.23. The fraction of sp³-hybridized carbons (Fsp3) is 0.294. The number of hydrogen-bond acceptors (Lipinski definition) is 3. The largest absolute Gasteiger partial charge is 0.398 e. The average molecular weight is 286 g/mol. The molecule has 2 nitrogen and oxygen atoms in total. The van der Waals surface area contributed by atoms with E-state index in [2.05, 4.69) is 48.3 Å². The summed E-state index contributed by atoms with van der Waals surface area (Å²) in [5.74, 6) is 1.07. The van der Waals surface area contributed by atoms with E-state index in [-0.39, 0.29) is 0 Å². The van der Waals surface area contributed by atoms with E-state index in [1.807, 2.05) is 30.0 Å². The van der Waals surface area contributed by atoms with E-state index in [1.165, 1.54) is 10.5 Å². The van der Waals surface area contributed by atoms with Gasteiger partial charge >= 0.3 is 0 Å². The highest BCUT2D eigenvalue weighted by Gasteiger charge is 2.02. The second-order valence-corrected chi connectivity index (χ2v) is 6.06. The van der Waals surface area contributed by atoms with Crippen LogP contribution < -0.4 is 5.73 Å². The second-order valence-electron chi connectivity index (χ2n) is 4.93. The van der Waals surface area contributed by atoms with Crippen LogP contribution in [0.5, 0.6) is 0 Å². The molecule has 0 amide bonds. The Morgan fingerprint density at radius 1 is 0.950 bits per heavy atom. The Balaban J connectivity index is 1.68. The predicted molar refractivity (Wildman–Crippen MR) is 89.2 cm³/mol. The number of nitrogens with zero attached hydrogens (tertiary/aromatic N) is 1. The van der Waals surface area contributed by atoms with Gasteiger partial charge in [0.25, 0.3) is 0 Å². The van der Waals surface area contributed by atoms with Gasteiger partial charge in [0, 0.05) is 29.4 Å². The predicted octanol–water partition coefficient (Wildman–Crippen LogP) is 3.54. The molecule has 0 spiro atoms. The average Bonchev–Trinajstić information content (AvgIpc) is 2.48. The third-order valence-corrected chi connectivity index (χ3v) is 4.34. The van der Waals surface area contributed by atoms with Crippen molar-refractivity contribution in [2.24, 2.45) is 0 Å². The van der Waals surface area contributed by atoms with Crippen molar-refractivity contribution in [1.29, 1.82) is 0 Å². The summed E-state index contributed by atoms with van der Waals surface area (Å²) in [7, 11) is 2.18. The first-order valence-corrected chi connectivity index (χ1v) is 7.94. The molecule has 2 N–H and O–H groups in total. The first kappa shape index (κ1) is 14.9. The SMILES string of the molecule is CN(CCSc1ccccc1N)CCc1ccccc1. The van der Waals surface area contributed by atoms with Gasteiger partial charge in [-0.05, 0) is 31.2 Å². The summed E-state index contributed by atoms with van der Waals surface area (Å²) in [6.45, 7) is 2.17. The van der Waals surface area contributed by atoms with Crippen LogP contribution in [0.1, 0.15) is 5.56 Å². The molecule has 0 aliphatic carbocycles. The van der Waals surface area contributed by atoms with Crippen molar-refractivity contribution < 1.29 is 0 Å². The highest BCUT2D eigenvalue weighted by molar-refractivity contribution is 7.99. The van der Waals surface area contributed by atoms with Crippen LogP contribution >= 0.6 is 11.8 Å². The molecule has 0 fully saturated rings. The summed E-state index contributed by atoms with van der Waals surface area (Å²) in [5, 5.41) is 0. The monoisotopic (exact) mass is 286 g/mol. The third-order valence-electron chi connectivity index (χ3n) is 3.27. The first-order valence-electron chi connectivity index (χ1n) is 6.95. The molecule has 106 valence electrons. The lowest BCUT2D eigenvalue weighted by molar-refractivity contribution is 0.360. The van der Waals surface area contributed by atoms with Crippen LogP contribution in [0.2, 0.25) is 0 Å². The van der Waals surface area contributed by atoms with Crippen LogP contribution in [0.15, 0.2) is 59.5 Å². The molecule has 0 aliphatic rings. The van der Waals surface area contributed by atoms with Gasteiger partial charge in [0.15, 0.2) is 0 Å². The minimum absolute atomic E-state index is 0.879. The molecule has 3 heteroatoms. The van der Waals surface area contributed by atoms with Gasteiger partial charge in [0.05, 0.1) is 0 Å². The zero-order chi connectivity index (χ0) is 14.2. The quantitative estimate of drug-likeness (QED) is 0.623. The van der Waals surface area contributed by atoms with E-state index in [9.17, 15) is 0 Å². The molecule has 0 atom stereocenters. The van der Waals surface area contributed by atoms with Gasteiger partial charge < -0.3 is 10.6 Å². The maximum atomic E-state index is 5.94. The molecule has 0 aromatic heterocycles. The van der Waals surface area contributed by atoms with Gasteiger partial charge in [0.1, 0.15) is 0 Å². The lowest BCUT2D eigenvalue weighted by Gasteiger charge is -2.16. The molecule has 0 saturated heterocycles. The number of anilines is 1. The van der Waals surface area contributed by atoms with Crippen molar-refractivity contribution in [1.82, 2.24) is 4.90 Å². The minimum atomic E-state index is 0.879. The summed E-state index contributed by atoms with van der Waals surface area (Å²) in [5.41, 5.74) is 8.22. The Kier molecular flexibility index (Phi) is 5.96. The van der Waals surface area contributed by atoms with Crippen LogP contribution in [0, 0.1) is 0 Å². The number of nitrogen functional groups attached to an aromatic ring is 1. The van der Waals surface area contributed by atoms with Gasteiger partial charge in [-0.3, -0.25) is 0 Å². The van der Waals surface area contributed by atoms with Gasteiger partial charge in [-0.15, -0.1) is 11.8 Å². The summed E-state index contributed by atoms with van der Waals surface area (Å²) >= 11 is 1.83. The molecule has 0 radical (unpaired) electrons. The van der Waals surface area contributed by atoms with Gasteiger partial charge in [-0.1, -0.05) is 42.5 Å². The molecule has 0 heterocycles. The van der Waals surface area contributed by atoms with E-state index in [4.69, 9.17) is 5.73 Å². The normalized spacial score (nSPS) is 10.9. The van der Waals surface area contributed by atoms with Crippen LogP contribution in [-0.4, -0.2) is 30.8 Å². The fourth-order valence-electron chi connectivity index (χ4n) is 2.00. The van der Waals surface area contributed by atoms with Gasteiger partial charge in [-0.2, -0.15) is 0 Å². The number of para-hydroxylation sites is 1. The zero-order valence-corrected chi connectivity index (χ0v) is 12.8. The molecule has 2 rings (SSSR count). The topological polar surface area (TPSA) is 29.3 Å². The number of thioether (sulfide) groups is 1. The molecular formula is C17H22N2S. The summed E-state index contributed by atoms with van der Waals surface area (Å²) in [6, 6.07) is 18.7. The lowest BCUT2D eigenvalue weighted by Crippen LogP contribution is -2.23. The summed E-state index contributed by atoms with van der Waals surface area (Å²) < 4.78 is 0. The van der Waals surface area contributed by atoms with E-state index >= 15 is 0 Å². The number of benzene rings is 2. The van der Waals surface area contributed by atoms with Crippen molar-refractivity contribution in [3.05, 3.63) is 60.2 Å². The summed E-state index contributed by atoms with van der Waals surface area (Å²) in [6.07, 6.45) is 1.11. The number of hydrogen-bond donors (Lipinski definition) is 1. The molecular weight excluding hydrogens is 264 g/mol. The second kappa shape index (κ2) is 7.98. The Morgan fingerprint density at radius 3 is 2.40 bits per heavy atom. The Bertz CT molecular complexity index is 513. The maximum Gasteiger partial charge on any atom is 0.0452 e. The molecule has 2 aromatic rings. The minimum Gasteiger partial charge on any atom is -0.398 e. The molecule has 0 unspecified atom stereocenters. The van der Waals surface area contributed by atoms with Gasteiger partial charge in [-0.25, -0.2) is 0 Å². The first-order chi connectivity index (χ1) is 9.75. The lowest BCUT2D eigenvalue weighted by atomic mass is 10.1. The van der Waals surface area contributed by atoms with Crippen molar-refractivity contribution in [2.75, 3.05) is 31.6 Å². The van der Waals surface area contributed by atoms with Crippen molar-refractivity contribution in [2.45, 2.75) is 11.3 Å². The van der Waals surface area contributed by atoms with Crippen LogP contribution in [0.4, 0.5) is 5.69 Å². The van der Waals surface area contributed by atoms with Crippen LogP contribution in [0.25, 0.3) is 0 Å². The Labute approximate surface area is 126 Å². The van der Waals surface area contributed by atoms with E-state index in [0.717, 1.165) is 31.0 Å². The number of nitrogens with two attached hydrogens (primary N) is 1. The van der Waals surface area contributed by atoms with Crippen LogP contribution in [-0.2, 0) is 6.42 Å². The Hall–Kier alpha value is -1.45. The fourth-order valence-corrected chi connectivity index (χ4v) is 3.03. The van der Waals surface area contributed by atoms with Crippen molar-refractivity contribution in [3.8, 4) is 0 Å². The van der Waals surface area contributed by atoms with Gasteiger partial charge in [0.2, 0.25) is 0 Å². The van der Waals surface area contributed by atoms with E-state index in [1.54, 1.807) is 0 Å². The molecule has 2 aromatic carbocycles. The number of likely N-dealkylation sites (N-methyl/N-ethyl adjacent to an activating group) is 1. The molecule has 0 aliphatic heterocycles. The van der Waals surface area contributed by atoms with E-state index in [0.29, 0.717) is 0 Å². The van der Waals surface area contributed by atoms with Crippen molar-refractivity contribution >= 4 is 17.4 Å². The van der Waals surface area contributed by atoms with Crippen LogP contribution in [0.3, 0.4) is 0 Å². The molecule has 0 saturated carbocycles. The number of rotatable bonds is 7. The third kappa shape index (κ3) is 4.91. The van der Waals surface area contributed by atoms with Crippen molar-refractivity contribution in [3.63, 3.8) is 0 Å². The smallest absolute Gasteiger partial charge is 0.0452 e. The molecule has 20 heavy (non-hydrogen) atoms. The zero-order valence-electron chi connectivity index (χ0n) is 12.0. The van der Waals surface area contributed by atoms with E-state index < -0.39 is 0 Å². The standard InChI is InChI=1S/C17H22N2S/c1-19(12-11-15-7-3-2-4-8-15)13-14-20-17-10-6-5-9-16(17)18/h2-10H,11-14,18H2,1H3. The Morgan fingerprint density at radius 2 is 1.65 bits per heavy atom. The molecule has 0 bridgehead atoms.